The number of hydrogen-bond donors (Lipinski definition) is 2. The lowest BCUT2D eigenvalue weighted by molar-refractivity contribution is -0.0487. The van der Waals surface area contributed by atoms with E-state index < -0.39 is 41.1 Å². The molecule has 2 amide bonds. The van der Waals surface area contributed by atoms with Crippen LogP contribution in [0.2, 0.25) is 0 Å². The molecule has 1 saturated heterocycles. The van der Waals surface area contributed by atoms with E-state index in [-0.39, 0.29) is 37.5 Å². The lowest BCUT2D eigenvalue weighted by Gasteiger charge is -2.38. The molecule has 2 aromatic carbocycles. The van der Waals surface area contributed by atoms with E-state index in [4.69, 9.17) is 18.9 Å². The van der Waals surface area contributed by atoms with Gasteiger partial charge in [-0.1, -0.05) is 24.3 Å². The third-order valence-corrected chi connectivity index (χ3v) is 7.87. The normalized spacial score (nSPS) is 17.5. The van der Waals surface area contributed by atoms with Gasteiger partial charge >= 0.3 is 12.2 Å². The van der Waals surface area contributed by atoms with Crippen LogP contribution in [0.4, 0.5) is 18.4 Å². The molecule has 3 aromatic rings. The molecule has 12 heteroatoms. The molecule has 10 nitrogen and oxygen atoms in total. The molecule has 0 bridgehead atoms. The zero-order valence-electron chi connectivity index (χ0n) is 29.2. The van der Waals surface area contributed by atoms with Crippen molar-refractivity contribution in [3.05, 3.63) is 76.9 Å². The topological polar surface area (TPSA) is 119 Å². The molecule has 2 N–H and O–H groups in total. The Morgan fingerprint density at radius 2 is 1.80 bits per heavy atom. The standard InChI is InChI=1S/C37H47F2N3O7/c1-36(2,3)48-34(44)40-31(29-14-10-24(21-43)28-15-17-32(46-7)41-33(28)29)20-27-13-12-26(22-47-27)42(35(45)49-37(4,5)6)18-8-9-23-19-25(38)11-16-30(23)39/h8-11,14-17,19,26-27,31,43H,12-13,18,20-22H2,1-7H3,(H,40,44). The summed E-state index contributed by atoms with van der Waals surface area (Å²) < 4.78 is 50.9. The third-order valence-electron chi connectivity index (χ3n) is 7.87. The first-order valence-electron chi connectivity index (χ1n) is 16.4. The first kappa shape index (κ1) is 37.5. The number of alkyl carbamates (subject to hydrolysis) is 1. The van der Waals surface area contributed by atoms with Crippen molar-refractivity contribution >= 4 is 29.2 Å². The lowest BCUT2D eigenvalue weighted by atomic mass is 9.92. The number of aliphatic hydroxyl groups is 1. The predicted octanol–water partition coefficient (Wildman–Crippen LogP) is 7.47. The van der Waals surface area contributed by atoms with Crippen LogP contribution in [-0.4, -0.2) is 70.8 Å². The Kier molecular flexibility index (Phi) is 12.2. The first-order valence-corrected chi connectivity index (χ1v) is 16.4. The number of rotatable bonds is 10. The summed E-state index contributed by atoms with van der Waals surface area (Å²) in [5, 5.41) is 13.7. The Balaban J connectivity index is 1.56. The Bertz CT molecular complexity index is 1640. The molecule has 1 aliphatic heterocycles. The van der Waals surface area contributed by atoms with Gasteiger partial charge in [-0.15, -0.1) is 0 Å². The smallest absolute Gasteiger partial charge is 0.410 e. The molecule has 1 fully saturated rings. The second-order valence-corrected chi connectivity index (χ2v) is 14.0. The van der Waals surface area contributed by atoms with Gasteiger partial charge in [-0.2, -0.15) is 0 Å². The van der Waals surface area contributed by atoms with Crippen LogP contribution in [0.25, 0.3) is 17.0 Å². The molecule has 0 spiro atoms. The SMILES string of the molecule is COc1ccc2c(CO)ccc(C(CC3CCC(N(CC=Cc4cc(F)ccc4F)C(=O)OC(C)(C)C)CO3)NC(=O)OC(C)(C)C)c2n1. The minimum atomic E-state index is -0.753. The molecule has 3 unspecified atom stereocenters. The van der Waals surface area contributed by atoms with E-state index in [1.54, 1.807) is 59.8 Å². The van der Waals surface area contributed by atoms with E-state index in [9.17, 15) is 23.5 Å². The molecule has 1 aromatic heterocycles. The van der Waals surface area contributed by atoms with E-state index in [0.29, 0.717) is 41.8 Å². The molecule has 4 rings (SSSR count). The first-order chi connectivity index (χ1) is 23.1. The van der Waals surface area contributed by atoms with Crippen LogP contribution in [-0.2, 0) is 20.8 Å². The average molecular weight is 684 g/mol. The summed E-state index contributed by atoms with van der Waals surface area (Å²) >= 11 is 0. The Morgan fingerprint density at radius 1 is 1.06 bits per heavy atom. The highest BCUT2D eigenvalue weighted by atomic mass is 19.1. The summed E-state index contributed by atoms with van der Waals surface area (Å²) in [6.45, 7) is 10.7. The number of aliphatic hydroxyl groups excluding tert-OH is 1. The number of aromatic nitrogens is 1. The van der Waals surface area contributed by atoms with Crippen LogP contribution >= 0.6 is 0 Å². The average Bonchev–Trinajstić information content (AvgIpc) is 3.02. The van der Waals surface area contributed by atoms with Gasteiger partial charge in [0.15, 0.2) is 0 Å². The number of benzene rings is 2. The molecule has 0 aliphatic carbocycles. The van der Waals surface area contributed by atoms with Crippen LogP contribution in [0.15, 0.2) is 48.5 Å². The fourth-order valence-electron chi connectivity index (χ4n) is 5.64. The fourth-order valence-corrected chi connectivity index (χ4v) is 5.64. The van der Waals surface area contributed by atoms with E-state index in [1.807, 2.05) is 12.1 Å². The molecule has 0 radical (unpaired) electrons. The molecular weight excluding hydrogens is 636 g/mol. The zero-order valence-corrected chi connectivity index (χ0v) is 29.2. The maximum absolute atomic E-state index is 14.2. The minimum Gasteiger partial charge on any atom is -0.481 e. The van der Waals surface area contributed by atoms with Gasteiger partial charge in [-0.25, -0.2) is 23.4 Å². The monoisotopic (exact) mass is 683 g/mol. The highest BCUT2D eigenvalue weighted by Gasteiger charge is 2.34. The van der Waals surface area contributed by atoms with E-state index >= 15 is 0 Å². The molecule has 1 aliphatic rings. The van der Waals surface area contributed by atoms with Crippen molar-refractivity contribution in [2.75, 3.05) is 20.3 Å². The summed E-state index contributed by atoms with van der Waals surface area (Å²) in [6.07, 6.45) is 3.02. The van der Waals surface area contributed by atoms with Crippen molar-refractivity contribution in [2.45, 2.75) is 96.8 Å². The van der Waals surface area contributed by atoms with Crippen molar-refractivity contribution in [1.29, 1.82) is 0 Å². The predicted molar refractivity (Wildman–Crippen MR) is 182 cm³/mol. The number of pyridine rings is 1. The number of nitrogens with zero attached hydrogens (tertiary/aromatic N) is 2. The molecule has 266 valence electrons. The maximum atomic E-state index is 14.2. The third kappa shape index (κ3) is 10.6. The number of amides is 2. The summed E-state index contributed by atoms with van der Waals surface area (Å²) in [4.78, 5) is 32.6. The molecule has 3 atom stereocenters. The van der Waals surface area contributed by atoms with Crippen LogP contribution < -0.4 is 10.1 Å². The summed E-state index contributed by atoms with van der Waals surface area (Å²) in [6, 6.07) is 9.41. The number of methoxy groups -OCH3 is 1. The fraction of sp³-hybridized carbons (Fsp3) is 0.486. The van der Waals surface area contributed by atoms with Gasteiger partial charge in [0.1, 0.15) is 22.8 Å². The van der Waals surface area contributed by atoms with Crippen molar-refractivity contribution in [3.63, 3.8) is 0 Å². The van der Waals surface area contributed by atoms with Gasteiger partial charge in [0, 0.05) is 29.1 Å². The van der Waals surface area contributed by atoms with Gasteiger partial charge in [-0.05, 0) is 90.6 Å². The number of carbonyl (C=O) groups is 2. The van der Waals surface area contributed by atoms with Gasteiger partial charge in [0.05, 0.1) is 44.0 Å². The Labute approximate surface area is 286 Å². The maximum Gasteiger partial charge on any atom is 0.410 e. The van der Waals surface area contributed by atoms with Gasteiger partial charge in [-0.3, -0.25) is 4.90 Å². The minimum absolute atomic E-state index is 0.0688. The van der Waals surface area contributed by atoms with E-state index in [0.717, 1.165) is 23.6 Å². The molecule has 0 saturated carbocycles. The van der Waals surface area contributed by atoms with Crippen LogP contribution in [0.5, 0.6) is 5.88 Å². The number of ether oxygens (including phenoxy) is 4. The van der Waals surface area contributed by atoms with Crippen LogP contribution in [0, 0.1) is 11.6 Å². The van der Waals surface area contributed by atoms with Gasteiger partial charge in [0.25, 0.3) is 0 Å². The number of nitrogens with one attached hydrogen (secondary N) is 1. The largest absolute Gasteiger partial charge is 0.481 e. The number of carbonyl (C=O) groups excluding carboxylic acids is 2. The van der Waals surface area contributed by atoms with Gasteiger partial charge in [0.2, 0.25) is 5.88 Å². The lowest BCUT2D eigenvalue weighted by Crippen LogP contribution is -2.48. The number of halogens is 2. The highest BCUT2D eigenvalue weighted by Crippen LogP contribution is 2.33. The second kappa shape index (κ2) is 15.9. The van der Waals surface area contributed by atoms with Crippen LogP contribution in [0.1, 0.15) is 83.5 Å². The summed E-state index contributed by atoms with van der Waals surface area (Å²) in [7, 11) is 1.52. The quantitative estimate of drug-likeness (QED) is 0.226. The van der Waals surface area contributed by atoms with E-state index in [1.165, 1.54) is 18.1 Å². The second-order valence-electron chi connectivity index (χ2n) is 14.0. The van der Waals surface area contributed by atoms with Crippen molar-refractivity contribution in [1.82, 2.24) is 15.2 Å². The highest BCUT2D eigenvalue weighted by molar-refractivity contribution is 5.86. The van der Waals surface area contributed by atoms with Gasteiger partial charge < -0.3 is 29.4 Å². The van der Waals surface area contributed by atoms with Crippen molar-refractivity contribution in [2.24, 2.45) is 0 Å². The number of fused-ring (bicyclic) bond motifs is 1. The molecular formula is C37H47F2N3O7. The Morgan fingerprint density at radius 3 is 2.43 bits per heavy atom. The zero-order chi connectivity index (χ0) is 35.9. The summed E-state index contributed by atoms with van der Waals surface area (Å²) in [5.74, 6) is -0.760. The number of hydrogen-bond acceptors (Lipinski definition) is 8. The molecule has 2 heterocycles. The van der Waals surface area contributed by atoms with Crippen LogP contribution in [0.3, 0.4) is 0 Å². The Hall–Kier alpha value is -4.29. The van der Waals surface area contributed by atoms with E-state index in [2.05, 4.69) is 10.3 Å². The summed E-state index contributed by atoms with van der Waals surface area (Å²) in [5.41, 5.74) is 0.536. The van der Waals surface area contributed by atoms with Crippen molar-refractivity contribution in [3.8, 4) is 5.88 Å². The van der Waals surface area contributed by atoms with Crippen molar-refractivity contribution < 1.29 is 42.4 Å². The molecule has 49 heavy (non-hydrogen) atoms.